The molecular formula is C14H22ClN3O. The Morgan fingerprint density at radius 1 is 1.53 bits per heavy atom. The highest BCUT2D eigenvalue weighted by molar-refractivity contribution is 6.17. The second-order valence-corrected chi connectivity index (χ2v) is 5.76. The minimum absolute atomic E-state index is 0.0234. The van der Waals surface area contributed by atoms with Crippen molar-refractivity contribution in [1.82, 2.24) is 9.55 Å². The first-order valence-corrected chi connectivity index (χ1v) is 7.58. The third kappa shape index (κ3) is 3.11. The van der Waals surface area contributed by atoms with E-state index in [9.17, 15) is 4.79 Å². The van der Waals surface area contributed by atoms with Crippen molar-refractivity contribution in [3.8, 4) is 0 Å². The molecule has 1 aromatic heterocycles. The van der Waals surface area contributed by atoms with Crippen molar-refractivity contribution >= 4 is 17.4 Å². The molecule has 1 fully saturated rings. The van der Waals surface area contributed by atoms with E-state index in [4.69, 9.17) is 11.6 Å². The van der Waals surface area contributed by atoms with Crippen molar-refractivity contribution in [3.63, 3.8) is 0 Å². The van der Waals surface area contributed by atoms with Crippen LogP contribution in [0.15, 0.2) is 17.2 Å². The maximum Gasteiger partial charge on any atom is 0.293 e. The summed E-state index contributed by atoms with van der Waals surface area (Å²) in [5, 5.41) is 0. The van der Waals surface area contributed by atoms with Gasteiger partial charge in [-0.05, 0) is 39.5 Å². The first-order chi connectivity index (χ1) is 9.15. The lowest BCUT2D eigenvalue weighted by molar-refractivity contribution is 0.559. The molecule has 1 aliphatic heterocycles. The van der Waals surface area contributed by atoms with Crippen molar-refractivity contribution in [3.05, 3.63) is 22.7 Å². The van der Waals surface area contributed by atoms with Gasteiger partial charge in [0.15, 0.2) is 5.82 Å². The van der Waals surface area contributed by atoms with Crippen LogP contribution in [0.2, 0.25) is 0 Å². The Bertz CT molecular complexity index is 472. The fourth-order valence-electron chi connectivity index (χ4n) is 2.75. The van der Waals surface area contributed by atoms with Gasteiger partial charge < -0.3 is 9.47 Å². The number of rotatable bonds is 5. The second kappa shape index (κ2) is 6.42. The summed E-state index contributed by atoms with van der Waals surface area (Å²) in [6.07, 6.45) is 7.79. The molecule has 1 atom stereocenters. The van der Waals surface area contributed by atoms with Gasteiger partial charge in [-0.25, -0.2) is 4.98 Å². The van der Waals surface area contributed by atoms with Crippen LogP contribution in [-0.2, 0) is 0 Å². The van der Waals surface area contributed by atoms with Crippen molar-refractivity contribution in [2.75, 3.05) is 17.3 Å². The van der Waals surface area contributed by atoms with Gasteiger partial charge in [-0.3, -0.25) is 4.79 Å². The highest BCUT2D eigenvalue weighted by Gasteiger charge is 2.27. The smallest absolute Gasteiger partial charge is 0.293 e. The summed E-state index contributed by atoms with van der Waals surface area (Å²) in [5.74, 6) is 1.29. The first-order valence-electron chi connectivity index (χ1n) is 7.05. The molecule has 0 aliphatic carbocycles. The lowest BCUT2D eigenvalue weighted by atomic mass is 10.1. The van der Waals surface area contributed by atoms with Crippen molar-refractivity contribution in [1.29, 1.82) is 0 Å². The number of aromatic nitrogens is 2. The van der Waals surface area contributed by atoms with E-state index in [-0.39, 0.29) is 11.6 Å². The predicted octanol–water partition coefficient (Wildman–Crippen LogP) is 2.81. The Morgan fingerprint density at radius 3 is 3.00 bits per heavy atom. The number of anilines is 1. The summed E-state index contributed by atoms with van der Waals surface area (Å²) in [6.45, 7) is 4.96. The van der Waals surface area contributed by atoms with Crippen molar-refractivity contribution in [2.24, 2.45) is 0 Å². The summed E-state index contributed by atoms with van der Waals surface area (Å²) < 4.78 is 1.75. The standard InChI is InChI=1S/C14H22ClN3O/c1-11(2)17-10-8-16-13(14(17)19)18-9-4-6-12(18)5-3-7-15/h8,10-12H,3-7,9H2,1-2H3. The molecule has 1 unspecified atom stereocenters. The molecule has 0 radical (unpaired) electrons. The molecule has 0 bridgehead atoms. The minimum Gasteiger partial charge on any atom is -0.349 e. The average molecular weight is 284 g/mol. The zero-order valence-electron chi connectivity index (χ0n) is 11.7. The van der Waals surface area contributed by atoms with Gasteiger partial charge in [0.2, 0.25) is 0 Å². The second-order valence-electron chi connectivity index (χ2n) is 5.38. The minimum atomic E-state index is 0.0234. The normalized spacial score (nSPS) is 19.4. The quantitative estimate of drug-likeness (QED) is 0.780. The van der Waals surface area contributed by atoms with E-state index in [2.05, 4.69) is 9.88 Å². The molecular weight excluding hydrogens is 262 g/mol. The Morgan fingerprint density at radius 2 is 2.32 bits per heavy atom. The van der Waals surface area contributed by atoms with E-state index in [1.54, 1.807) is 17.0 Å². The first kappa shape index (κ1) is 14.4. The zero-order valence-corrected chi connectivity index (χ0v) is 12.4. The molecule has 1 aromatic rings. The van der Waals surface area contributed by atoms with E-state index in [1.807, 2.05) is 13.8 Å². The van der Waals surface area contributed by atoms with E-state index < -0.39 is 0 Å². The molecule has 0 aromatic carbocycles. The lowest BCUT2D eigenvalue weighted by Gasteiger charge is -2.25. The van der Waals surface area contributed by atoms with Crippen LogP contribution in [0.25, 0.3) is 0 Å². The molecule has 0 amide bonds. The Labute approximate surface area is 119 Å². The van der Waals surface area contributed by atoms with Crippen LogP contribution < -0.4 is 10.5 Å². The predicted molar refractivity (Wildman–Crippen MR) is 79.2 cm³/mol. The number of alkyl halides is 1. The van der Waals surface area contributed by atoms with Crippen LogP contribution in [0.5, 0.6) is 0 Å². The lowest BCUT2D eigenvalue weighted by Crippen LogP contribution is -2.37. The Balaban J connectivity index is 2.26. The summed E-state index contributed by atoms with van der Waals surface area (Å²) in [5.41, 5.74) is 0.0234. The monoisotopic (exact) mass is 283 g/mol. The average Bonchev–Trinajstić information content (AvgIpc) is 2.84. The third-order valence-electron chi connectivity index (χ3n) is 3.73. The molecule has 1 saturated heterocycles. The van der Waals surface area contributed by atoms with Gasteiger partial charge in [0.25, 0.3) is 5.56 Å². The number of halogens is 1. The van der Waals surface area contributed by atoms with Gasteiger partial charge in [0, 0.05) is 36.9 Å². The largest absolute Gasteiger partial charge is 0.349 e. The van der Waals surface area contributed by atoms with E-state index in [0.717, 1.165) is 32.2 Å². The summed E-state index contributed by atoms with van der Waals surface area (Å²) in [7, 11) is 0. The third-order valence-corrected chi connectivity index (χ3v) is 3.99. The molecule has 4 nitrogen and oxygen atoms in total. The van der Waals surface area contributed by atoms with Gasteiger partial charge in [-0.2, -0.15) is 0 Å². The van der Waals surface area contributed by atoms with Gasteiger partial charge in [-0.1, -0.05) is 0 Å². The van der Waals surface area contributed by atoms with Crippen LogP contribution in [-0.4, -0.2) is 28.0 Å². The Hall–Kier alpha value is -1.03. The number of nitrogens with zero attached hydrogens (tertiary/aromatic N) is 3. The van der Waals surface area contributed by atoms with Gasteiger partial charge >= 0.3 is 0 Å². The van der Waals surface area contributed by atoms with Crippen LogP contribution in [0.4, 0.5) is 5.82 Å². The highest BCUT2D eigenvalue weighted by atomic mass is 35.5. The van der Waals surface area contributed by atoms with Gasteiger partial charge in [-0.15, -0.1) is 11.6 Å². The topological polar surface area (TPSA) is 38.1 Å². The molecule has 0 N–H and O–H groups in total. The van der Waals surface area contributed by atoms with Crippen LogP contribution in [0.3, 0.4) is 0 Å². The summed E-state index contributed by atoms with van der Waals surface area (Å²) in [6, 6.07) is 0.583. The van der Waals surface area contributed by atoms with Crippen molar-refractivity contribution in [2.45, 2.75) is 51.6 Å². The Kier molecular flexibility index (Phi) is 4.86. The SMILES string of the molecule is CC(C)n1ccnc(N2CCCC2CCCCl)c1=O. The van der Waals surface area contributed by atoms with Gasteiger partial charge in [0.1, 0.15) is 0 Å². The number of hydrogen-bond acceptors (Lipinski definition) is 3. The molecule has 19 heavy (non-hydrogen) atoms. The maximum absolute atomic E-state index is 12.4. The molecule has 2 heterocycles. The van der Waals surface area contributed by atoms with Crippen LogP contribution >= 0.6 is 11.6 Å². The molecule has 1 aliphatic rings. The fraction of sp³-hybridized carbons (Fsp3) is 0.714. The maximum atomic E-state index is 12.4. The molecule has 0 saturated carbocycles. The zero-order chi connectivity index (χ0) is 13.8. The van der Waals surface area contributed by atoms with Crippen molar-refractivity contribution < 1.29 is 0 Å². The van der Waals surface area contributed by atoms with Crippen LogP contribution in [0, 0.1) is 0 Å². The molecule has 0 spiro atoms. The highest BCUT2D eigenvalue weighted by Crippen LogP contribution is 2.24. The number of hydrogen-bond donors (Lipinski definition) is 0. The van der Waals surface area contributed by atoms with Crippen LogP contribution in [0.1, 0.15) is 45.6 Å². The molecule has 106 valence electrons. The fourth-order valence-corrected chi connectivity index (χ4v) is 2.90. The van der Waals surface area contributed by atoms with E-state index in [1.165, 1.54) is 0 Å². The molecule has 5 heteroatoms. The van der Waals surface area contributed by atoms with Gasteiger partial charge in [0.05, 0.1) is 0 Å². The van der Waals surface area contributed by atoms with E-state index >= 15 is 0 Å². The summed E-state index contributed by atoms with van der Waals surface area (Å²) >= 11 is 5.77. The van der Waals surface area contributed by atoms with E-state index in [0.29, 0.717) is 17.7 Å². The molecule has 2 rings (SSSR count). The summed E-state index contributed by atoms with van der Waals surface area (Å²) in [4.78, 5) is 18.9.